The summed E-state index contributed by atoms with van der Waals surface area (Å²) >= 11 is 17.8. The average Bonchev–Trinajstić information content (AvgIpc) is 2.85. The molecule has 0 spiro atoms. The summed E-state index contributed by atoms with van der Waals surface area (Å²) in [7, 11) is 1.43. The van der Waals surface area contributed by atoms with Gasteiger partial charge in [-0.2, -0.15) is 5.10 Å². The molecule has 0 aliphatic heterocycles. The van der Waals surface area contributed by atoms with Crippen LogP contribution in [-0.4, -0.2) is 37.7 Å². The maximum absolute atomic E-state index is 12.1. The summed E-state index contributed by atoms with van der Waals surface area (Å²) < 4.78 is 10.8. The van der Waals surface area contributed by atoms with Crippen LogP contribution in [0.4, 0.5) is 11.4 Å². The minimum Gasteiger partial charge on any atom is -0.493 e. The Labute approximate surface area is 221 Å². The molecule has 0 heterocycles. The van der Waals surface area contributed by atoms with Crippen LogP contribution in [0.5, 0.6) is 11.5 Å². The normalized spacial score (nSPS) is 10.6. The van der Waals surface area contributed by atoms with E-state index in [2.05, 4.69) is 21.2 Å². The molecule has 0 aliphatic carbocycles. The zero-order chi connectivity index (χ0) is 26.1. The average molecular weight is 550 g/mol. The standard InChI is InChI=1S/C24H19Cl3N4O5/c1-35-20-10-14(8-9-19(20)36-13-21(32)29-16-5-2-4-15(25)11-16)12-28-31-24(34)23(33)30-18-7-3-6-17(26)22(18)27/h2-12H,13H2,1H3,(H,29,32)(H,30,33)(H,31,34)/b28-12-. The zero-order valence-corrected chi connectivity index (χ0v) is 20.9. The molecule has 0 saturated heterocycles. The van der Waals surface area contributed by atoms with Gasteiger partial charge in [-0.25, -0.2) is 5.43 Å². The molecule has 0 fully saturated rings. The van der Waals surface area contributed by atoms with Gasteiger partial charge in [0.2, 0.25) is 0 Å². The van der Waals surface area contributed by atoms with Gasteiger partial charge >= 0.3 is 11.8 Å². The first-order valence-electron chi connectivity index (χ1n) is 10.2. The Bertz CT molecular complexity index is 1320. The summed E-state index contributed by atoms with van der Waals surface area (Å²) in [6, 6.07) is 16.1. The van der Waals surface area contributed by atoms with Crippen molar-refractivity contribution in [2.75, 3.05) is 24.4 Å². The van der Waals surface area contributed by atoms with Gasteiger partial charge in [0.15, 0.2) is 18.1 Å². The minimum absolute atomic E-state index is 0.111. The SMILES string of the molecule is COc1cc(/C=N\NC(=O)C(=O)Nc2cccc(Cl)c2Cl)ccc1OCC(=O)Nc1cccc(Cl)c1. The number of amides is 3. The summed E-state index contributed by atoms with van der Waals surface area (Å²) in [6.45, 7) is -0.266. The third-order valence-electron chi connectivity index (χ3n) is 4.44. The fourth-order valence-electron chi connectivity index (χ4n) is 2.79. The summed E-state index contributed by atoms with van der Waals surface area (Å²) in [5, 5.41) is 9.62. The second-order valence-electron chi connectivity index (χ2n) is 7.01. The maximum atomic E-state index is 12.1. The number of anilines is 2. The molecule has 9 nitrogen and oxygen atoms in total. The number of halogens is 3. The molecule has 36 heavy (non-hydrogen) atoms. The van der Waals surface area contributed by atoms with Gasteiger partial charge < -0.3 is 20.1 Å². The first kappa shape index (κ1) is 26.8. The Morgan fingerprint density at radius 1 is 0.917 bits per heavy atom. The van der Waals surface area contributed by atoms with Gasteiger partial charge in [-0.1, -0.05) is 46.9 Å². The van der Waals surface area contributed by atoms with Crippen molar-refractivity contribution >= 4 is 70.1 Å². The van der Waals surface area contributed by atoms with E-state index in [1.54, 1.807) is 54.6 Å². The van der Waals surface area contributed by atoms with Gasteiger partial charge in [-0.15, -0.1) is 0 Å². The largest absolute Gasteiger partial charge is 0.493 e. The van der Waals surface area contributed by atoms with Crippen LogP contribution in [0.15, 0.2) is 65.8 Å². The third-order valence-corrected chi connectivity index (χ3v) is 5.49. The van der Waals surface area contributed by atoms with Crippen LogP contribution < -0.4 is 25.5 Å². The Morgan fingerprint density at radius 2 is 1.69 bits per heavy atom. The van der Waals surface area contributed by atoms with E-state index in [0.717, 1.165) is 0 Å². The highest BCUT2D eigenvalue weighted by Crippen LogP contribution is 2.29. The van der Waals surface area contributed by atoms with Crippen LogP contribution in [0.2, 0.25) is 15.1 Å². The molecule has 3 aromatic rings. The highest BCUT2D eigenvalue weighted by molar-refractivity contribution is 6.45. The number of hydrazone groups is 1. The van der Waals surface area contributed by atoms with Crippen LogP contribution in [0.1, 0.15) is 5.56 Å². The van der Waals surface area contributed by atoms with Gasteiger partial charge in [0.25, 0.3) is 5.91 Å². The lowest BCUT2D eigenvalue weighted by Crippen LogP contribution is -2.32. The molecule has 0 saturated carbocycles. The molecule has 0 aromatic heterocycles. The van der Waals surface area contributed by atoms with Gasteiger partial charge in [-0.05, 0) is 54.1 Å². The summed E-state index contributed by atoms with van der Waals surface area (Å²) in [5.74, 6) is -1.73. The highest BCUT2D eigenvalue weighted by Gasteiger charge is 2.15. The Kier molecular flexibility index (Phi) is 9.52. The smallest absolute Gasteiger partial charge is 0.329 e. The molecule has 3 amide bonds. The van der Waals surface area contributed by atoms with Gasteiger partial charge in [0, 0.05) is 10.7 Å². The van der Waals surface area contributed by atoms with Crippen molar-refractivity contribution in [2.45, 2.75) is 0 Å². The molecule has 3 rings (SSSR count). The molecule has 0 bridgehead atoms. The fourth-order valence-corrected chi connectivity index (χ4v) is 3.32. The Morgan fingerprint density at radius 3 is 2.44 bits per heavy atom. The topological polar surface area (TPSA) is 118 Å². The van der Waals surface area contributed by atoms with Crippen molar-refractivity contribution in [2.24, 2.45) is 5.10 Å². The lowest BCUT2D eigenvalue weighted by atomic mass is 10.2. The van der Waals surface area contributed by atoms with E-state index < -0.39 is 11.8 Å². The number of rotatable bonds is 8. The lowest BCUT2D eigenvalue weighted by molar-refractivity contribution is -0.136. The van der Waals surface area contributed by atoms with Crippen LogP contribution >= 0.6 is 34.8 Å². The van der Waals surface area contributed by atoms with Crippen LogP contribution in [-0.2, 0) is 14.4 Å². The van der Waals surface area contributed by atoms with E-state index in [4.69, 9.17) is 44.3 Å². The van der Waals surface area contributed by atoms with E-state index >= 15 is 0 Å². The predicted octanol–water partition coefficient (Wildman–Crippen LogP) is 4.76. The number of hydrogen-bond donors (Lipinski definition) is 3. The highest BCUT2D eigenvalue weighted by atomic mass is 35.5. The number of nitrogens with zero attached hydrogens (tertiary/aromatic N) is 1. The molecular formula is C24H19Cl3N4O5. The maximum Gasteiger partial charge on any atom is 0.329 e. The second kappa shape index (κ2) is 12.8. The van der Waals surface area contributed by atoms with Crippen molar-refractivity contribution in [3.8, 4) is 11.5 Å². The number of benzene rings is 3. The number of hydrogen-bond acceptors (Lipinski definition) is 6. The summed E-state index contributed by atoms with van der Waals surface area (Å²) in [6.07, 6.45) is 1.30. The van der Waals surface area contributed by atoms with Crippen LogP contribution in [0.3, 0.4) is 0 Å². The quantitative estimate of drug-likeness (QED) is 0.213. The molecule has 0 atom stereocenters. The molecule has 3 aromatic carbocycles. The summed E-state index contributed by atoms with van der Waals surface area (Å²) in [5.41, 5.74) is 3.37. The van der Waals surface area contributed by atoms with Crippen LogP contribution in [0, 0.1) is 0 Å². The van der Waals surface area contributed by atoms with Gasteiger partial charge in [0.05, 0.1) is 29.1 Å². The monoisotopic (exact) mass is 548 g/mol. The van der Waals surface area contributed by atoms with E-state index in [-0.39, 0.29) is 28.2 Å². The number of carbonyl (C=O) groups is 3. The van der Waals surface area contributed by atoms with E-state index in [0.29, 0.717) is 27.8 Å². The molecular weight excluding hydrogens is 531 g/mol. The molecule has 3 N–H and O–H groups in total. The second-order valence-corrected chi connectivity index (χ2v) is 8.23. The number of carbonyl (C=O) groups excluding carboxylic acids is 3. The molecule has 12 heteroatoms. The Balaban J connectivity index is 1.54. The van der Waals surface area contributed by atoms with Crippen molar-refractivity contribution < 1.29 is 23.9 Å². The van der Waals surface area contributed by atoms with Gasteiger partial charge in [-0.3, -0.25) is 14.4 Å². The zero-order valence-electron chi connectivity index (χ0n) is 18.7. The van der Waals surface area contributed by atoms with Crippen molar-refractivity contribution in [1.82, 2.24) is 5.43 Å². The first-order chi connectivity index (χ1) is 17.3. The minimum atomic E-state index is -1.01. The molecule has 0 unspecified atom stereocenters. The van der Waals surface area contributed by atoms with E-state index in [1.807, 2.05) is 0 Å². The molecule has 186 valence electrons. The number of nitrogens with one attached hydrogen (secondary N) is 3. The van der Waals surface area contributed by atoms with E-state index in [9.17, 15) is 14.4 Å². The summed E-state index contributed by atoms with van der Waals surface area (Å²) in [4.78, 5) is 36.2. The van der Waals surface area contributed by atoms with Crippen molar-refractivity contribution in [3.63, 3.8) is 0 Å². The van der Waals surface area contributed by atoms with Crippen molar-refractivity contribution in [3.05, 3.63) is 81.3 Å². The Hall–Kier alpha value is -3.79. The fraction of sp³-hybridized carbons (Fsp3) is 0.0833. The van der Waals surface area contributed by atoms with Crippen molar-refractivity contribution in [1.29, 1.82) is 0 Å². The molecule has 0 aliphatic rings. The van der Waals surface area contributed by atoms with Gasteiger partial charge in [0.1, 0.15) is 0 Å². The third kappa shape index (κ3) is 7.61. The number of ether oxygens (including phenoxy) is 2. The lowest BCUT2D eigenvalue weighted by Gasteiger charge is -2.11. The predicted molar refractivity (Wildman–Crippen MR) is 139 cm³/mol. The number of methoxy groups -OCH3 is 1. The molecule has 0 radical (unpaired) electrons. The first-order valence-corrected chi connectivity index (χ1v) is 11.3. The van der Waals surface area contributed by atoms with E-state index in [1.165, 1.54) is 19.4 Å². The van der Waals surface area contributed by atoms with Crippen LogP contribution in [0.25, 0.3) is 0 Å².